The molecule has 2 heterocycles. The third-order valence-corrected chi connectivity index (χ3v) is 5.71. The first-order valence-corrected chi connectivity index (χ1v) is 10.9. The van der Waals surface area contributed by atoms with Crippen molar-refractivity contribution in [1.82, 2.24) is 30.0 Å². The molecule has 1 aliphatic heterocycles. The van der Waals surface area contributed by atoms with Gasteiger partial charge in [0.15, 0.2) is 5.82 Å². The maximum atomic E-state index is 12.7. The van der Waals surface area contributed by atoms with Crippen molar-refractivity contribution in [3.05, 3.63) is 59.4 Å². The SMILES string of the molecule is CCOc1ccc(-n2nnnc2CN2CCN(C(=O)Nc3ccc(C)c(C)c3)CC2)cc1. The quantitative estimate of drug-likeness (QED) is 0.640. The molecule has 0 radical (unpaired) electrons. The second-order valence-electron chi connectivity index (χ2n) is 7.93. The van der Waals surface area contributed by atoms with E-state index in [1.54, 1.807) is 4.68 Å². The van der Waals surface area contributed by atoms with E-state index in [-0.39, 0.29) is 6.03 Å². The summed E-state index contributed by atoms with van der Waals surface area (Å²) in [5.41, 5.74) is 4.09. The van der Waals surface area contributed by atoms with Crippen molar-refractivity contribution in [1.29, 1.82) is 0 Å². The number of anilines is 1. The van der Waals surface area contributed by atoms with Gasteiger partial charge in [0.25, 0.3) is 0 Å². The lowest BCUT2D eigenvalue weighted by molar-refractivity contribution is 0.140. The maximum Gasteiger partial charge on any atom is 0.321 e. The first kappa shape index (κ1) is 21.8. The Kier molecular flexibility index (Phi) is 6.65. The van der Waals surface area contributed by atoms with Gasteiger partial charge in [-0.15, -0.1) is 5.10 Å². The predicted octanol–water partition coefficient (Wildman–Crippen LogP) is 3.03. The molecule has 1 fully saturated rings. The third kappa shape index (κ3) is 5.05. The van der Waals surface area contributed by atoms with Crippen molar-refractivity contribution in [2.24, 2.45) is 0 Å². The van der Waals surface area contributed by atoms with E-state index < -0.39 is 0 Å². The molecule has 1 N–H and O–H groups in total. The van der Waals surface area contributed by atoms with Gasteiger partial charge in [-0.1, -0.05) is 6.07 Å². The summed E-state index contributed by atoms with van der Waals surface area (Å²) in [4.78, 5) is 16.8. The molecule has 1 aliphatic rings. The average Bonchev–Trinajstić information content (AvgIpc) is 3.25. The molecular formula is C23H29N7O2. The van der Waals surface area contributed by atoms with Crippen LogP contribution in [-0.4, -0.2) is 68.8 Å². The number of carbonyl (C=O) groups excluding carboxylic acids is 1. The zero-order valence-corrected chi connectivity index (χ0v) is 18.8. The van der Waals surface area contributed by atoms with E-state index in [0.29, 0.717) is 26.2 Å². The highest BCUT2D eigenvalue weighted by molar-refractivity contribution is 5.89. The molecule has 3 aromatic rings. The van der Waals surface area contributed by atoms with Crippen LogP contribution in [0.5, 0.6) is 5.75 Å². The Balaban J connectivity index is 1.32. The van der Waals surface area contributed by atoms with Gasteiger partial charge in [-0.2, -0.15) is 4.68 Å². The highest BCUT2D eigenvalue weighted by Gasteiger charge is 2.23. The summed E-state index contributed by atoms with van der Waals surface area (Å²) in [6, 6.07) is 13.6. The Morgan fingerprint density at radius 3 is 2.47 bits per heavy atom. The number of hydrogen-bond acceptors (Lipinski definition) is 6. The molecular weight excluding hydrogens is 406 g/mol. The molecule has 0 unspecified atom stereocenters. The zero-order chi connectivity index (χ0) is 22.5. The van der Waals surface area contributed by atoms with Crippen molar-refractivity contribution >= 4 is 11.7 Å². The van der Waals surface area contributed by atoms with Crippen LogP contribution < -0.4 is 10.1 Å². The molecule has 32 heavy (non-hydrogen) atoms. The number of tetrazole rings is 1. The van der Waals surface area contributed by atoms with Gasteiger partial charge in [-0.05, 0) is 78.7 Å². The van der Waals surface area contributed by atoms with Crippen LogP contribution in [0.3, 0.4) is 0 Å². The topological polar surface area (TPSA) is 88.4 Å². The Morgan fingerprint density at radius 2 is 1.78 bits per heavy atom. The number of nitrogens with one attached hydrogen (secondary N) is 1. The first-order chi connectivity index (χ1) is 15.5. The fourth-order valence-electron chi connectivity index (χ4n) is 3.69. The summed E-state index contributed by atoms with van der Waals surface area (Å²) in [5.74, 6) is 1.59. The van der Waals surface area contributed by atoms with Crippen LogP contribution in [0.1, 0.15) is 23.9 Å². The minimum Gasteiger partial charge on any atom is -0.494 e. The van der Waals surface area contributed by atoms with E-state index in [2.05, 4.69) is 32.7 Å². The molecule has 0 aliphatic carbocycles. The smallest absolute Gasteiger partial charge is 0.321 e. The summed E-state index contributed by atoms with van der Waals surface area (Å²) < 4.78 is 7.25. The summed E-state index contributed by atoms with van der Waals surface area (Å²) in [6.07, 6.45) is 0. The number of aromatic nitrogens is 4. The molecule has 0 spiro atoms. The first-order valence-electron chi connectivity index (χ1n) is 10.9. The van der Waals surface area contributed by atoms with E-state index in [1.807, 2.05) is 61.2 Å². The monoisotopic (exact) mass is 435 g/mol. The number of benzene rings is 2. The molecule has 1 aromatic heterocycles. The fraction of sp³-hybridized carbons (Fsp3) is 0.391. The minimum absolute atomic E-state index is 0.0628. The van der Waals surface area contributed by atoms with Crippen molar-refractivity contribution < 1.29 is 9.53 Å². The number of urea groups is 1. The van der Waals surface area contributed by atoms with Crippen molar-refractivity contribution in [2.75, 3.05) is 38.1 Å². The third-order valence-electron chi connectivity index (χ3n) is 5.71. The van der Waals surface area contributed by atoms with Crippen LogP contribution in [0.4, 0.5) is 10.5 Å². The minimum atomic E-state index is -0.0628. The molecule has 0 atom stereocenters. The molecule has 9 nitrogen and oxygen atoms in total. The van der Waals surface area contributed by atoms with Crippen LogP contribution in [-0.2, 0) is 6.54 Å². The van der Waals surface area contributed by atoms with E-state index >= 15 is 0 Å². The Bertz CT molecular complexity index is 1060. The standard InChI is InChI=1S/C23H29N7O2/c1-4-32-21-9-7-20(8-10-21)30-22(25-26-27-30)16-28-11-13-29(14-12-28)23(31)24-19-6-5-17(2)18(3)15-19/h5-10,15H,4,11-14,16H2,1-3H3,(H,24,31). The molecule has 2 aromatic carbocycles. The number of rotatable bonds is 6. The average molecular weight is 436 g/mol. The molecule has 1 saturated heterocycles. The predicted molar refractivity (Wildman–Crippen MR) is 122 cm³/mol. The van der Waals surface area contributed by atoms with Gasteiger partial charge in [0, 0.05) is 31.9 Å². The normalized spacial score (nSPS) is 14.4. The number of hydrogen-bond donors (Lipinski definition) is 1. The number of piperazine rings is 1. The fourth-order valence-corrected chi connectivity index (χ4v) is 3.69. The number of nitrogens with zero attached hydrogens (tertiary/aromatic N) is 6. The summed E-state index contributed by atoms with van der Waals surface area (Å²) in [6.45, 7) is 10.1. The van der Waals surface area contributed by atoms with E-state index in [9.17, 15) is 4.79 Å². The van der Waals surface area contributed by atoms with E-state index in [0.717, 1.165) is 41.6 Å². The van der Waals surface area contributed by atoms with Gasteiger partial charge in [-0.25, -0.2) is 4.79 Å². The van der Waals surface area contributed by atoms with Crippen molar-refractivity contribution in [2.45, 2.75) is 27.3 Å². The Hall–Kier alpha value is -3.46. The number of amides is 2. The summed E-state index contributed by atoms with van der Waals surface area (Å²) in [7, 11) is 0. The van der Waals surface area contributed by atoms with Crippen LogP contribution in [0.15, 0.2) is 42.5 Å². The lowest BCUT2D eigenvalue weighted by atomic mass is 10.1. The Morgan fingerprint density at radius 1 is 1.03 bits per heavy atom. The second kappa shape index (κ2) is 9.78. The molecule has 168 valence electrons. The van der Waals surface area contributed by atoms with Crippen molar-refractivity contribution in [3.63, 3.8) is 0 Å². The molecule has 0 bridgehead atoms. The van der Waals surface area contributed by atoms with Gasteiger partial charge < -0.3 is 15.0 Å². The molecule has 2 amide bonds. The van der Waals surface area contributed by atoms with Crippen LogP contribution in [0, 0.1) is 13.8 Å². The number of ether oxygens (including phenoxy) is 1. The largest absolute Gasteiger partial charge is 0.494 e. The highest BCUT2D eigenvalue weighted by atomic mass is 16.5. The van der Waals surface area contributed by atoms with Crippen LogP contribution in [0.2, 0.25) is 0 Å². The lowest BCUT2D eigenvalue weighted by Crippen LogP contribution is -2.49. The number of aryl methyl sites for hydroxylation is 2. The summed E-state index contributed by atoms with van der Waals surface area (Å²) >= 11 is 0. The molecule has 9 heteroatoms. The highest BCUT2D eigenvalue weighted by Crippen LogP contribution is 2.17. The van der Waals surface area contributed by atoms with E-state index in [1.165, 1.54) is 5.56 Å². The maximum absolute atomic E-state index is 12.7. The van der Waals surface area contributed by atoms with Gasteiger partial charge in [-0.3, -0.25) is 4.90 Å². The number of carbonyl (C=O) groups is 1. The van der Waals surface area contributed by atoms with Crippen LogP contribution >= 0.6 is 0 Å². The van der Waals surface area contributed by atoms with Crippen molar-refractivity contribution in [3.8, 4) is 11.4 Å². The molecule has 0 saturated carbocycles. The van der Waals surface area contributed by atoms with E-state index in [4.69, 9.17) is 4.74 Å². The van der Waals surface area contributed by atoms with Gasteiger partial charge in [0.05, 0.1) is 18.8 Å². The second-order valence-corrected chi connectivity index (χ2v) is 7.93. The Labute approximate surface area is 188 Å². The van der Waals surface area contributed by atoms with Gasteiger partial charge >= 0.3 is 6.03 Å². The summed E-state index contributed by atoms with van der Waals surface area (Å²) in [5, 5.41) is 15.2. The molecule has 4 rings (SSSR count). The van der Waals surface area contributed by atoms with Crippen LogP contribution in [0.25, 0.3) is 5.69 Å². The zero-order valence-electron chi connectivity index (χ0n) is 18.8. The lowest BCUT2D eigenvalue weighted by Gasteiger charge is -2.34. The van der Waals surface area contributed by atoms with Gasteiger partial charge in [0.1, 0.15) is 5.75 Å². The van der Waals surface area contributed by atoms with Gasteiger partial charge in [0.2, 0.25) is 0 Å².